The summed E-state index contributed by atoms with van der Waals surface area (Å²) in [5.41, 5.74) is 1.07. The Kier molecular flexibility index (Phi) is 5.46. The van der Waals surface area contributed by atoms with Crippen LogP contribution < -0.4 is 5.32 Å². The molecule has 0 aliphatic heterocycles. The van der Waals surface area contributed by atoms with E-state index in [1.807, 2.05) is 13.0 Å². The van der Waals surface area contributed by atoms with E-state index in [4.69, 9.17) is 0 Å². The Balaban J connectivity index is 2.06. The van der Waals surface area contributed by atoms with Gasteiger partial charge in [0.2, 0.25) is 0 Å². The minimum absolute atomic E-state index is 0.471. The Morgan fingerprint density at radius 1 is 1.43 bits per heavy atom. The maximum absolute atomic E-state index is 12.6. The molecule has 1 aliphatic rings. The van der Waals surface area contributed by atoms with Crippen LogP contribution in [0.4, 0.5) is 0 Å². The summed E-state index contributed by atoms with van der Waals surface area (Å²) in [5.74, 6) is 0.506. The van der Waals surface area contributed by atoms with Crippen LogP contribution in [-0.4, -0.2) is 32.4 Å². The summed E-state index contributed by atoms with van der Waals surface area (Å²) in [6, 6.07) is 2.45. The number of aryl methyl sites for hydroxylation is 1. The number of rotatable bonds is 8. The van der Waals surface area contributed by atoms with Gasteiger partial charge in [-0.2, -0.15) is 0 Å². The first-order valence-corrected chi connectivity index (χ1v) is 9.85. The first-order valence-electron chi connectivity index (χ1n) is 7.59. The van der Waals surface area contributed by atoms with Crippen LogP contribution in [-0.2, 0) is 16.6 Å². The van der Waals surface area contributed by atoms with E-state index in [0.29, 0.717) is 22.7 Å². The summed E-state index contributed by atoms with van der Waals surface area (Å²) in [6.07, 6.45) is 3.37. The van der Waals surface area contributed by atoms with Crippen molar-refractivity contribution in [2.75, 3.05) is 13.6 Å². The molecule has 6 heteroatoms. The van der Waals surface area contributed by atoms with Gasteiger partial charge in [-0.25, -0.2) is 12.7 Å². The van der Waals surface area contributed by atoms with E-state index < -0.39 is 10.0 Å². The first kappa shape index (κ1) is 16.9. The maximum Gasteiger partial charge on any atom is 0.252 e. The standard InChI is InChI=1S/C15H26N2O2S2/c1-11(2)7-8-17(4)21(18,19)15-9-12(3)14(20-15)10-16-13-5-6-13/h9,11,13,16H,5-8,10H2,1-4H3. The molecule has 0 spiro atoms. The molecule has 21 heavy (non-hydrogen) atoms. The fourth-order valence-electron chi connectivity index (χ4n) is 2.03. The van der Waals surface area contributed by atoms with Crippen LogP contribution in [0.5, 0.6) is 0 Å². The molecule has 2 rings (SSSR count). The fourth-order valence-corrected chi connectivity index (χ4v) is 4.97. The van der Waals surface area contributed by atoms with Gasteiger partial charge in [-0.05, 0) is 43.7 Å². The van der Waals surface area contributed by atoms with E-state index in [2.05, 4.69) is 19.2 Å². The van der Waals surface area contributed by atoms with Crippen molar-refractivity contribution >= 4 is 21.4 Å². The molecule has 0 saturated heterocycles. The van der Waals surface area contributed by atoms with Crippen LogP contribution in [0.3, 0.4) is 0 Å². The molecule has 4 nitrogen and oxygen atoms in total. The van der Waals surface area contributed by atoms with Gasteiger partial charge in [0.15, 0.2) is 0 Å². The molecule has 1 N–H and O–H groups in total. The lowest BCUT2D eigenvalue weighted by molar-refractivity contribution is 0.429. The van der Waals surface area contributed by atoms with Gasteiger partial charge in [0.25, 0.3) is 10.0 Å². The van der Waals surface area contributed by atoms with Gasteiger partial charge < -0.3 is 5.32 Å². The second-order valence-electron chi connectivity index (χ2n) is 6.34. The number of sulfonamides is 1. The molecule has 0 unspecified atom stereocenters. The van der Waals surface area contributed by atoms with E-state index in [9.17, 15) is 8.42 Å². The molecule has 1 heterocycles. The van der Waals surface area contributed by atoms with Crippen molar-refractivity contribution in [3.8, 4) is 0 Å². The third-order valence-corrected chi connectivity index (χ3v) is 7.36. The highest BCUT2D eigenvalue weighted by Gasteiger charge is 2.25. The van der Waals surface area contributed by atoms with Gasteiger partial charge in [0.05, 0.1) is 0 Å². The van der Waals surface area contributed by atoms with Crippen molar-refractivity contribution in [3.63, 3.8) is 0 Å². The number of hydrogen-bond acceptors (Lipinski definition) is 4. The van der Waals surface area contributed by atoms with Crippen molar-refractivity contribution in [1.82, 2.24) is 9.62 Å². The highest BCUT2D eigenvalue weighted by Crippen LogP contribution is 2.29. The van der Waals surface area contributed by atoms with Crippen molar-refractivity contribution in [2.45, 2.75) is 56.8 Å². The number of nitrogens with zero attached hydrogens (tertiary/aromatic N) is 1. The number of hydrogen-bond donors (Lipinski definition) is 1. The molecule has 120 valence electrons. The van der Waals surface area contributed by atoms with Crippen molar-refractivity contribution in [3.05, 3.63) is 16.5 Å². The SMILES string of the molecule is Cc1cc(S(=O)(=O)N(C)CCC(C)C)sc1CNC1CC1. The molecule has 0 bridgehead atoms. The molecule has 1 aromatic heterocycles. The molecular weight excluding hydrogens is 304 g/mol. The molecule has 1 aliphatic carbocycles. The second-order valence-corrected chi connectivity index (χ2v) is 9.74. The first-order chi connectivity index (χ1) is 9.80. The molecule has 0 atom stereocenters. The van der Waals surface area contributed by atoms with Gasteiger partial charge in [-0.1, -0.05) is 13.8 Å². The molecule has 0 amide bonds. The van der Waals surface area contributed by atoms with Crippen molar-refractivity contribution < 1.29 is 8.42 Å². The van der Waals surface area contributed by atoms with Gasteiger partial charge in [0.1, 0.15) is 4.21 Å². The molecule has 1 aromatic rings. The summed E-state index contributed by atoms with van der Waals surface area (Å²) < 4.78 is 27.1. The van der Waals surface area contributed by atoms with Crippen LogP contribution >= 0.6 is 11.3 Å². The topological polar surface area (TPSA) is 49.4 Å². The van der Waals surface area contributed by atoms with Crippen LogP contribution in [0.25, 0.3) is 0 Å². The maximum atomic E-state index is 12.6. The second kappa shape index (κ2) is 6.77. The van der Waals surface area contributed by atoms with Gasteiger partial charge in [0, 0.05) is 31.1 Å². The van der Waals surface area contributed by atoms with Gasteiger partial charge in [-0.15, -0.1) is 11.3 Å². The third-order valence-electron chi connectivity index (χ3n) is 3.81. The normalized spacial score (nSPS) is 16.1. The molecule has 0 radical (unpaired) electrons. The summed E-state index contributed by atoms with van der Waals surface area (Å²) in [5, 5.41) is 3.45. The molecule has 1 fully saturated rings. The van der Waals surface area contributed by atoms with E-state index in [-0.39, 0.29) is 0 Å². The summed E-state index contributed by atoms with van der Waals surface area (Å²) in [7, 11) is -1.66. The van der Waals surface area contributed by atoms with Gasteiger partial charge in [-0.3, -0.25) is 0 Å². The van der Waals surface area contributed by atoms with Gasteiger partial charge >= 0.3 is 0 Å². The predicted octanol–water partition coefficient (Wildman–Crippen LogP) is 2.98. The van der Waals surface area contributed by atoms with Crippen LogP contribution in [0, 0.1) is 12.8 Å². The molecule has 1 saturated carbocycles. The average molecular weight is 331 g/mol. The molecule has 0 aromatic carbocycles. The minimum atomic E-state index is -3.34. The van der Waals surface area contributed by atoms with E-state index >= 15 is 0 Å². The highest BCUT2D eigenvalue weighted by molar-refractivity contribution is 7.91. The van der Waals surface area contributed by atoms with E-state index in [1.54, 1.807) is 7.05 Å². The van der Waals surface area contributed by atoms with Crippen LogP contribution in [0.2, 0.25) is 0 Å². The van der Waals surface area contributed by atoms with E-state index in [1.165, 1.54) is 28.5 Å². The van der Waals surface area contributed by atoms with Crippen molar-refractivity contribution in [1.29, 1.82) is 0 Å². The lowest BCUT2D eigenvalue weighted by atomic mass is 10.1. The Morgan fingerprint density at radius 3 is 2.67 bits per heavy atom. The zero-order chi connectivity index (χ0) is 15.6. The molecular formula is C15H26N2O2S2. The Bertz CT molecular complexity index is 574. The quantitative estimate of drug-likeness (QED) is 0.797. The number of thiophene rings is 1. The Hall–Kier alpha value is -0.430. The monoisotopic (exact) mass is 330 g/mol. The lowest BCUT2D eigenvalue weighted by Gasteiger charge is -2.17. The third kappa shape index (κ3) is 4.52. The number of nitrogens with one attached hydrogen (secondary N) is 1. The Morgan fingerprint density at radius 2 is 2.10 bits per heavy atom. The van der Waals surface area contributed by atoms with Crippen LogP contribution in [0.1, 0.15) is 43.6 Å². The smallest absolute Gasteiger partial charge is 0.252 e. The van der Waals surface area contributed by atoms with Crippen LogP contribution in [0.15, 0.2) is 10.3 Å². The average Bonchev–Trinajstić information content (AvgIpc) is 3.16. The van der Waals surface area contributed by atoms with Crippen molar-refractivity contribution in [2.24, 2.45) is 5.92 Å². The largest absolute Gasteiger partial charge is 0.309 e. The summed E-state index contributed by atoms with van der Waals surface area (Å²) in [6.45, 7) is 7.57. The van der Waals surface area contributed by atoms with E-state index in [0.717, 1.165) is 23.4 Å². The fraction of sp³-hybridized carbons (Fsp3) is 0.733. The zero-order valence-electron chi connectivity index (χ0n) is 13.3. The lowest BCUT2D eigenvalue weighted by Crippen LogP contribution is -2.28. The predicted molar refractivity (Wildman–Crippen MR) is 88.2 cm³/mol. The summed E-state index contributed by atoms with van der Waals surface area (Å²) >= 11 is 1.41. The highest BCUT2D eigenvalue weighted by atomic mass is 32.2. The minimum Gasteiger partial charge on any atom is -0.309 e. The summed E-state index contributed by atoms with van der Waals surface area (Å²) in [4.78, 5) is 1.14. The Labute approximate surface area is 132 Å². The zero-order valence-corrected chi connectivity index (χ0v) is 15.0.